The Labute approximate surface area is 181 Å². The number of non-ortho nitro benzene ring substituents is 1. The van der Waals surface area contributed by atoms with Crippen molar-refractivity contribution < 1.29 is 24.0 Å². The first kappa shape index (κ1) is 21.7. The number of benzene rings is 1. The van der Waals surface area contributed by atoms with E-state index in [0.29, 0.717) is 23.5 Å². The summed E-state index contributed by atoms with van der Waals surface area (Å²) in [6.45, 7) is 3.76. The van der Waals surface area contributed by atoms with Crippen molar-refractivity contribution in [2.75, 3.05) is 0 Å². The van der Waals surface area contributed by atoms with Crippen LogP contribution in [0.5, 0.6) is 0 Å². The number of carboxylic acid groups (broad SMARTS) is 1. The molecule has 0 bridgehead atoms. The highest BCUT2D eigenvalue weighted by molar-refractivity contribution is 8.26. The molecule has 30 heavy (non-hydrogen) atoms. The van der Waals surface area contributed by atoms with Gasteiger partial charge in [-0.05, 0) is 36.6 Å². The Hall–Kier alpha value is -2.98. The van der Waals surface area contributed by atoms with Gasteiger partial charge in [-0.25, -0.2) is 4.79 Å². The molecule has 1 aliphatic rings. The Morgan fingerprint density at radius 1 is 1.30 bits per heavy atom. The summed E-state index contributed by atoms with van der Waals surface area (Å²) in [7, 11) is 0. The second kappa shape index (κ2) is 8.80. The number of aliphatic carboxylic acids is 1. The van der Waals surface area contributed by atoms with Crippen LogP contribution >= 0.6 is 24.0 Å². The number of thioether (sulfide) groups is 1. The van der Waals surface area contributed by atoms with Gasteiger partial charge < -0.3 is 9.52 Å². The van der Waals surface area contributed by atoms with E-state index in [-0.39, 0.29) is 20.8 Å². The van der Waals surface area contributed by atoms with Crippen molar-refractivity contribution in [3.8, 4) is 11.3 Å². The topological polar surface area (TPSA) is 114 Å². The van der Waals surface area contributed by atoms with Crippen molar-refractivity contribution in [3.63, 3.8) is 0 Å². The van der Waals surface area contributed by atoms with Crippen LogP contribution in [0.4, 0.5) is 5.69 Å². The highest BCUT2D eigenvalue weighted by atomic mass is 32.2. The van der Waals surface area contributed by atoms with Gasteiger partial charge in [0.05, 0.1) is 9.83 Å². The number of furan rings is 1. The maximum atomic E-state index is 12.8. The zero-order valence-corrected chi connectivity index (χ0v) is 17.7. The van der Waals surface area contributed by atoms with E-state index in [1.807, 2.05) is 13.8 Å². The van der Waals surface area contributed by atoms with Crippen molar-refractivity contribution in [2.45, 2.75) is 26.3 Å². The summed E-state index contributed by atoms with van der Waals surface area (Å²) in [5.41, 5.74) is 0.624. The number of nitro groups is 1. The van der Waals surface area contributed by atoms with E-state index in [9.17, 15) is 24.8 Å². The SMILES string of the molecule is CC(C)CC(C(=O)O)N1C(=O)/C(=C\c2ccc(-c3ccc([N+](=O)[O-])cc3)o2)SC1=S. The highest BCUT2D eigenvalue weighted by Crippen LogP contribution is 2.36. The quantitative estimate of drug-likeness (QED) is 0.285. The molecule has 1 aliphatic heterocycles. The van der Waals surface area contributed by atoms with Crippen molar-refractivity contribution in [3.05, 3.63) is 57.2 Å². The molecule has 8 nitrogen and oxygen atoms in total. The van der Waals surface area contributed by atoms with E-state index in [0.717, 1.165) is 16.7 Å². The van der Waals surface area contributed by atoms with Gasteiger partial charge in [0.15, 0.2) is 0 Å². The molecule has 0 spiro atoms. The van der Waals surface area contributed by atoms with Crippen LogP contribution in [0.2, 0.25) is 0 Å². The highest BCUT2D eigenvalue weighted by Gasteiger charge is 2.40. The number of carboxylic acids is 1. The summed E-state index contributed by atoms with van der Waals surface area (Å²) in [4.78, 5) is 36.2. The molecule has 2 heterocycles. The number of hydrogen-bond acceptors (Lipinski definition) is 7. The van der Waals surface area contributed by atoms with Gasteiger partial charge in [0.25, 0.3) is 11.6 Å². The summed E-state index contributed by atoms with van der Waals surface area (Å²) in [5.74, 6) is -0.616. The molecule has 1 fully saturated rings. The Morgan fingerprint density at radius 2 is 1.97 bits per heavy atom. The lowest BCUT2D eigenvalue weighted by Crippen LogP contribution is -2.44. The summed E-state index contributed by atoms with van der Waals surface area (Å²) in [6.07, 6.45) is 1.81. The monoisotopic (exact) mass is 446 g/mol. The second-order valence-electron chi connectivity index (χ2n) is 7.04. The Bertz CT molecular complexity index is 1040. The van der Waals surface area contributed by atoms with E-state index in [2.05, 4.69) is 0 Å². The fourth-order valence-electron chi connectivity index (χ4n) is 2.97. The van der Waals surface area contributed by atoms with E-state index >= 15 is 0 Å². The van der Waals surface area contributed by atoms with E-state index in [1.54, 1.807) is 24.3 Å². The Morgan fingerprint density at radius 3 is 2.53 bits per heavy atom. The summed E-state index contributed by atoms with van der Waals surface area (Å²) in [5, 5.41) is 20.3. The van der Waals surface area contributed by atoms with Crippen LogP contribution in [0.15, 0.2) is 45.7 Å². The molecule has 0 radical (unpaired) electrons. The molecule has 1 amide bonds. The molecule has 0 saturated carbocycles. The smallest absolute Gasteiger partial charge is 0.326 e. The van der Waals surface area contributed by atoms with Crippen LogP contribution < -0.4 is 0 Å². The van der Waals surface area contributed by atoms with Gasteiger partial charge in [0, 0.05) is 23.8 Å². The Balaban J connectivity index is 1.82. The minimum absolute atomic E-state index is 0.0245. The lowest BCUT2D eigenvalue weighted by molar-refractivity contribution is -0.384. The average Bonchev–Trinajstić information content (AvgIpc) is 3.25. The molecular weight excluding hydrogens is 428 g/mol. The summed E-state index contributed by atoms with van der Waals surface area (Å²) in [6, 6.07) is 8.23. The minimum Gasteiger partial charge on any atom is -0.480 e. The fourth-order valence-corrected chi connectivity index (χ4v) is 4.31. The normalized spacial score (nSPS) is 16.5. The number of thiocarbonyl (C=S) groups is 1. The molecular formula is C20H18N2O6S2. The van der Waals surface area contributed by atoms with Crippen LogP contribution in [0, 0.1) is 16.0 Å². The average molecular weight is 447 g/mol. The number of hydrogen-bond donors (Lipinski definition) is 1. The van der Waals surface area contributed by atoms with Gasteiger partial charge in [0.2, 0.25) is 0 Å². The number of rotatable bonds is 7. The minimum atomic E-state index is -1.10. The third-order valence-corrected chi connectivity index (χ3v) is 5.71. The molecule has 1 unspecified atom stereocenters. The third kappa shape index (κ3) is 4.60. The van der Waals surface area contributed by atoms with Gasteiger partial charge in [-0.3, -0.25) is 19.8 Å². The van der Waals surface area contributed by atoms with E-state index < -0.39 is 22.8 Å². The summed E-state index contributed by atoms with van der Waals surface area (Å²) < 4.78 is 5.93. The van der Waals surface area contributed by atoms with E-state index in [1.165, 1.54) is 18.2 Å². The molecule has 1 N–H and O–H groups in total. The number of nitrogens with zero attached hydrogens (tertiary/aromatic N) is 2. The standard InChI is InChI=1S/C20H18N2O6S2/c1-11(2)9-15(19(24)25)21-18(23)17(30-20(21)29)10-14-7-8-16(28-14)12-3-5-13(6-4-12)22(26)27/h3-8,10-11,15H,9H2,1-2H3,(H,24,25)/b17-10+. The van der Waals surface area contributed by atoms with Gasteiger partial charge >= 0.3 is 5.97 Å². The van der Waals surface area contributed by atoms with Crippen LogP contribution in [0.3, 0.4) is 0 Å². The fraction of sp³-hybridized carbons (Fsp3) is 0.250. The van der Waals surface area contributed by atoms with E-state index in [4.69, 9.17) is 16.6 Å². The number of carbonyl (C=O) groups excluding carboxylic acids is 1. The second-order valence-corrected chi connectivity index (χ2v) is 8.72. The molecule has 0 aliphatic carbocycles. The molecule has 10 heteroatoms. The van der Waals surface area contributed by atoms with Crippen LogP contribution in [-0.2, 0) is 9.59 Å². The predicted molar refractivity (Wildman–Crippen MR) is 117 cm³/mol. The first-order valence-electron chi connectivity index (χ1n) is 9.02. The molecule has 2 aromatic rings. The zero-order chi connectivity index (χ0) is 22.0. The van der Waals surface area contributed by atoms with Crippen LogP contribution in [-0.4, -0.2) is 37.2 Å². The molecule has 3 rings (SSSR count). The number of carbonyl (C=O) groups is 2. The number of nitro benzene ring substituents is 1. The van der Waals surface area contributed by atoms with Gasteiger partial charge in [-0.1, -0.05) is 37.8 Å². The van der Waals surface area contributed by atoms with Gasteiger partial charge in [-0.2, -0.15) is 0 Å². The van der Waals surface area contributed by atoms with Crippen molar-refractivity contribution in [1.82, 2.24) is 4.90 Å². The van der Waals surface area contributed by atoms with Gasteiger partial charge in [-0.15, -0.1) is 0 Å². The maximum Gasteiger partial charge on any atom is 0.326 e. The first-order chi connectivity index (χ1) is 14.2. The number of amides is 1. The summed E-state index contributed by atoms with van der Waals surface area (Å²) >= 11 is 6.28. The Kier molecular flexibility index (Phi) is 6.37. The zero-order valence-electron chi connectivity index (χ0n) is 16.1. The van der Waals surface area contributed by atoms with Crippen LogP contribution in [0.25, 0.3) is 17.4 Å². The lowest BCUT2D eigenvalue weighted by Gasteiger charge is -2.24. The van der Waals surface area contributed by atoms with Crippen molar-refractivity contribution in [1.29, 1.82) is 0 Å². The third-order valence-electron chi connectivity index (χ3n) is 4.38. The predicted octanol–water partition coefficient (Wildman–Crippen LogP) is 4.56. The van der Waals surface area contributed by atoms with Crippen molar-refractivity contribution >= 4 is 51.9 Å². The first-order valence-corrected chi connectivity index (χ1v) is 10.2. The lowest BCUT2D eigenvalue weighted by atomic mass is 10.0. The molecule has 1 saturated heterocycles. The van der Waals surface area contributed by atoms with Crippen molar-refractivity contribution in [2.24, 2.45) is 5.92 Å². The maximum absolute atomic E-state index is 12.8. The molecule has 1 aromatic carbocycles. The van der Waals surface area contributed by atoms with Gasteiger partial charge in [0.1, 0.15) is 21.9 Å². The molecule has 1 atom stereocenters. The molecule has 1 aromatic heterocycles. The van der Waals surface area contributed by atoms with Crippen LogP contribution in [0.1, 0.15) is 26.0 Å². The molecule has 156 valence electrons. The largest absolute Gasteiger partial charge is 0.480 e.